The Labute approximate surface area is 313 Å². The molecule has 0 fully saturated rings. The molecule has 0 bridgehead atoms. The fourth-order valence-electron chi connectivity index (χ4n) is 9.14. The first-order valence-electron chi connectivity index (χ1n) is 18.6. The molecule has 0 saturated carbocycles. The normalized spacial score (nSPS) is 11.7. The molecule has 0 spiro atoms. The number of hydrogen-bond acceptors (Lipinski definition) is 0. The van der Waals surface area contributed by atoms with Crippen LogP contribution in [0.4, 0.5) is 0 Å². The van der Waals surface area contributed by atoms with Gasteiger partial charge in [-0.25, -0.2) is 0 Å². The lowest BCUT2D eigenvalue weighted by Gasteiger charge is -2.28. The molecular weight excluding hydrogens is 615 g/mol. The van der Waals surface area contributed by atoms with Crippen molar-refractivity contribution >= 4 is 160 Å². The largest absolute Gasteiger partial charge is 0.139 e. The average Bonchev–Trinajstić information content (AvgIpc) is 3.19. The highest BCUT2D eigenvalue weighted by molar-refractivity contribution is 6.71. The summed E-state index contributed by atoms with van der Waals surface area (Å²) >= 11 is 0. The lowest BCUT2D eigenvalue weighted by atomic mass is 9.59. The van der Waals surface area contributed by atoms with Crippen LogP contribution in [0.1, 0.15) is 0 Å². The molecule has 8 heteroatoms. The van der Waals surface area contributed by atoms with Gasteiger partial charge in [0.15, 0.2) is 0 Å². The SMILES string of the molecule is Bc1c(B)c(B)c2c(-c3cc4ccccc4c4ccccc34)c3c(B)c(B)c(B)c(B)c3c(-c3ccc(-c4ccc5ccccc5c4)cc3)c2c1B. The third-order valence-electron chi connectivity index (χ3n) is 12.7. The summed E-state index contributed by atoms with van der Waals surface area (Å²) < 4.78 is 0. The smallest absolute Gasteiger partial charge is 0.101 e. The summed E-state index contributed by atoms with van der Waals surface area (Å²) in [7, 11) is 18.7. The van der Waals surface area contributed by atoms with E-state index in [-0.39, 0.29) is 0 Å². The van der Waals surface area contributed by atoms with Crippen molar-refractivity contribution in [2.45, 2.75) is 0 Å². The highest BCUT2D eigenvalue weighted by Crippen LogP contribution is 2.44. The van der Waals surface area contributed by atoms with Gasteiger partial charge in [-0.2, -0.15) is 0 Å². The Bertz CT molecular complexity index is 2900. The van der Waals surface area contributed by atoms with Crippen molar-refractivity contribution in [3.05, 3.63) is 121 Å². The van der Waals surface area contributed by atoms with Crippen LogP contribution < -0.4 is 43.7 Å². The molecule has 0 aliphatic carbocycles. The summed E-state index contributed by atoms with van der Waals surface area (Å²) in [4.78, 5) is 0. The quantitative estimate of drug-likeness (QED) is 0.124. The van der Waals surface area contributed by atoms with Gasteiger partial charge in [0, 0.05) is 0 Å². The summed E-state index contributed by atoms with van der Waals surface area (Å²) in [6, 6.07) is 45.2. The van der Waals surface area contributed by atoms with Crippen LogP contribution in [0.3, 0.4) is 0 Å². The van der Waals surface area contributed by atoms with Gasteiger partial charge in [0.2, 0.25) is 0 Å². The Morgan fingerprint density at radius 3 is 1.27 bits per heavy atom. The van der Waals surface area contributed by atoms with Gasteiger partial charge in [0.25, 0.3) is 0 Å². The van der Waals surface area contributed by atoms with Crippen molar-refractivity contribution in [3.8, 4) is 33.4 Å². The fourth-order valence-corrected chi connectivity index (χ4v) is 9.14. The summed E-state index contributed by atoms with van der Waals surface area (Å²) in [5.74, 6) is 0. The van der Waals surface area contributed by atoms with Crippen LogP contribution in [0.5, 0.6) is 0 Å². The van der Waals surface area contributed by atoms with Crippen LogP contribution >= 0.6 is 0 Å². The standard InChI is InChI=1S/C44H36B8/c45-37-33-31(23-16-13-22(14-17-23)25-18-15-21-7-1-2-8-24(21)19-25)34-36(40(48)44(52)42(50)38(34)46)32(35(33)39(47)43(51)41(37)49)30-20-26-9-3-4-10-27(26)28-11-5-6-12-29(28)30/h1-20H,45-52H2. The first kappa shape index (κ1) is 32.7. The number of hydrogen-bond donors (Lipinski definition) is 0. The third kappa shape index (κ3) is 4.73. The molecule has 0 heterocycles. The summed E-state index contributed by atoms with van der Waals surface area (Å²) in [6.07, 6.45) is 0. The van der Waals surface area contributed by atoms with E-state index >= 15 is 0 Å². The van der Waals surface area contributed by atoms with E-state index in [9.17, 15) is 0 Å². The Morgan fingerprint density at radius 1 is 0.269 bits per heavy atom. The first-order chi connectivity index (χ1) is 25.2. The van der Waals surface area contributed by atoms with E-state index in [2.05, 4.69) is 184 Å². The van der Waals surface area contributed by atoms with Crippen LogP contribution in [0.25, 0.3) is 87.2 Å². The van der Waals surface area contributed by atoms with Crippen molar-refractivity contribution in [3.63, 3.8) is 0 Å². The minimum absolute atomic E-state index is 1.24. The predicted octanol–water partition coefficient (Wildman–Crippen LogP) is -1.48. The Hall–Kier alpha value is -5.20. The molecule has 0 aliphatic rings. The van der Waals surface area contributed by atoms with Gasteiger partial charge in [-0.1, -0.05) is 131 Å². The Balaban J connectivity index is 1.46. The number of fused-ring (bicyclic) bond motifs is 6. The zero-order valence-corrected chi connectivity index (χ0v) is 31.5. The predicted molar refractivity (Wildman–Crippen MR) is 256 cm³/mol. The van der Waals surface area contributed by atoms with Crippen LogP contribution in [-0.2, 0) is 0 Å². The number of benzene rings is 9. The van der Waals surface area contributed by atoms with Gasteiger partial charge in [0.05, 0.1) is 0 Å². The van der Waals surface area contributed by atoms with Crippen molar-refractivity contribution in [1.29, 1.82) is 0 Å². The molecule has 0 radical (unpaired) electrons. The second-order valence-corrected chi connectivity index (χ2v) is 15.1. The van der Waals surface area contributed by atoms with Gasteiger partial charge in [0.1, 0.15) is 62.8 Å². The molecule has 0 N–H and O–H groups in total. The van der Waals surface area contributed by atoms with E-state index in [1.54, 1.807) is 0 Å². The monoisotopic (exact) mass is 652 g/mol. The van der Waals surface area contributed by atoms with E-state index in [0.29, 0.717) is 0 Å². The van der Waals surface area contributed by atoms with Crippen molar-refractivity contribution in [2.24, 2.45) is 0 Å². The Morgan fingerprint density at radius 2 is 0.692 bits per heavy atom. The molecule has 236 valence electrons. The number of rotatable bonds is 3. The van der Waals surface area contributed by atoms with Crippen molar-refractivity contribution in [1.82, 2.24) is 0 Å². The van der Waals surface area contributed by atoms with E-state index in [4.69, 9.17) is 0 Å². The topological polar surface area (TPSA) is 0 Å². The van der Waals surface area contributed by atoms with Crippen LogP contribution in [0, 0.1) is 0 Å². The molecule has 0 aliphatic heterocycles. The Kier molecular flexibility index (Phi) is 7.67. The van der Waals surface area contributed by atoms with E-state index in [0.717, 1.165) is 0 Å². The molecule has 9 aromatic rings. The van der Waals surface area contributed by atoms with E-state index in [1.165, 1.54) is 131 Å². The first-order valence-corrected chi connectivity index (χ1v) is 18.6. The summed E-state index contributed by atoms with van der Waals surface area (Å²) in [5.41, 5.74) is 18.8. The maximum atomic E-state index is 2.47. The molecule has 0 saturated heterocycles. The maximum absolute atomic E-state index is 2.47. The molecule has 0 atom stereocenters. The van der Waals surface area contributed by atoms with Gasteiger partial charge in [-0.05, 0) is 99.4 Å². The lowest BCUT2D eigenvalue weighted by molar-refractivity contribution is 1.64. The van der Waals surface area contributed by atoms with Gasteiger partial charge in [-0.3, -0.25) is 0 Å². The average molecular weight is 651 g/mol. The zero-order valence-electron chi connectivity index (χ0n) is 31.5. The van der Waals surface area contributed by atoms with Crippen molar-refractivity contribution in [2.75, 3.05) is 0 Å². The maximum Gasteiger partial charge on any atom is 0.139 e. The van der Waals surface area contributed by atoms with E-state index < -0.39 is 0 Å². The van der Waals surface area contributed by atoms with E-state index in [1.807, 2.05) is 0 Å². The van der Waals surface area contributed by atoms with Crippen molar-refractivity contribution < 1.29 is 0 Å². The third-order valence-corrected chi connectivity index (χ3v) is 12.7. The molecule has 0 unspecified atom stereocenters. The van der Waals surface area contributed by atoms with Crippen LogP contribution in [0.2, 0.25) is 0 Å². The van der Waals surface area contributed by atoms with Gasteiger partial charge >= 0.3 is 0 Å². The fraction of sp³-hybridized carbons (Fsp3) is 0. The highest BCUT2D eigenvalue weighted by Gasteiger charge is 2.26. The molecule has 52 heavy (non-hydrogen) atoms. The second kappa shape index (κ2) is 12.2. The molecule has 0 amide bonds. The van der Waals surface area contributed by atoms with Crippen LogP contribution in [-0.4, -0.2) is 62.8 Å². The molecule has 9 aromatic carbocycles. The molecule has 0 nitrogen and oxygen atoms in total. The van der Waals surface area contributed by atoms with Crippen LogP contribution in [0.15, 0.2) is 121 Å². The second-order valence-electron chi connectivity index (χ2n) is 15.1. The molecule has 0 aromatic heterocycles. The minimum Gasteiger partial charge on any atom is -0.101 e. The van der Waals surface area contributed by atoms with Gasteiger partial charge in [-0.15, -0.1) is 21.9 Å². The highest BCUT2D eigenvalue weighted by atomic mass is 14.3. The van der Waals surface area contributed by atoms with Gasteiger partial charge < -0.3 is 0 Å². The molecular formula is C44H36B8. The lowest BCUT2D eigenvalue weighted by Crippen LogP contribution is -2.50. The molecule has 9 rings (SSSR count). The summed E-state index contributed by atoms with van der Waals surface area (Å²) in [5, 5.41) is 13.3. The minimum atomic E-state index is 1.24. The summed E-state index contributed by atoms with van der Waals surface area (Å²) in [6.45, 7) is 0. The zero-order chi connectivity index (χ0) is 36.0.